The molecule has 0 saturated heterocycles. The fraction of sp³-hybridized carbons (Fsp3) is 0.545. The number of nitrogen functional groups attached to an aromatic ring is 1. The summed E-state index contributed by atoms with van der Waals surface area (Å²) in [7, 11) is 0. The van der Waals surface area contributed by atoms with Crippen LogP contribution in [-0.2, 0) is 4.74 Å². The Morgan fingerprint density at radius 2 is 2.04 bits per heavy atom. The van der Waals surface area contributed by atoms with Gasteiger partial charge in [0.25, 0.3) is 0 Å². The molecule has 6 nitrogen and oxygen atoms in total. The summed E-state index contributed by atoms with van der Waals surface area (Å²) in [6.45, 7) is 9.75. The Labute approximate surface area is 167 Å². The molecule has 0 unspecified atom stereocenters. The zero-order valence-electron chi connectivity index (χ0n) is 17.1. The summed E-state index contributed by atoms with van der Waals surface area (Å²) in [5, 5.41) is 0. The molecule has 1 saturated carbocycles. The highest BCUT2D eigenvalue weighted by Gasteiger charge is 2.25. The van der Waals surface area contributed by atoms with Gasteiger partial charge in [-0.3, -0.25) is 0 Å². The van der Waals surface area contributed by atoms with Crippen LogP contribution in [0.1, 0.15) is 74.5 Å². The average molecular weight is 385 g/mol. The minimum absolute atomic E-state index is 0.323. The third kappa shape index (κ3) is 4.01. The van der Waals surface area contributed by atoms with E-state index in [9.17, 15) is 4.79 Å². The lowest BCUT2D eigenvalue weighted by molar-refractivity contribution is 0.0512. The van der Waals surface area contributed by atoms with Gasteiger partial charge >= 0.3 is 5.97 Å². The van der Waals surface area contributed by atoms with Crippen molar-refractivity contribution in [1.82, 2.24) is 9.66 Å². The minimum atomic E-state index is -0.323. The van der Waals surface area contributed by atoms with Gasteiger partial charge in [-0.1, -0.05) is 25.3 Å². The molecule has 0 radical (unpaired) electrons. The van der Waals surface area contributed by atoms with Crippen molar-refractivity contribution < 1.29 is 9.53 Å². The van der Waals surface area contributed by atoms with Crippen LogP contribution in [0, 0.1) is 0 Å². The number of esters is 1. The number of benzene rings is 1. The third-order valence-corrected chi connectivity index (χ3v) is 5.68. The lowest BCUT2D eigenvalue weighted by Crippen LogP contribution is -2.25. The molecule has 6 heteroatoms. The smallest absolute Gasteiger partial charge is 0.340 e. The summed E-state index contributed by atoms with van der Waals surface area (Å²) in [5.74, 6) is 7.45. The zero-order chi connectivity index (χ0) is 20.1. The molecule has 0 spiro atoms. The number of carbonyl (C=O) groups excluding carboxylic acids is 1. The number of fused-ring (bicyclic) bond motifs is 1. The maximum absolute atomic E-state index is 12.8. The first-order valence-electron chi connectivity index (χ1n) is 10.4. The van der Waals surface area contributed by atoms with Crippen LogP contribution in [0.5, 0.6) is 0 Å². The average Bonchev–Trinajstić information content (AvgIpc) is 3.05. The highest BCUT2D eigenvalue weighted by atomic mass is 16.5. The predicted molar refractivity (Wildman–Crippen MR) is 114 cm³/mol. The number of nitrogens with two attached hydrogens (primary N) is 1. The first kappa shape index (κ1) is 20.2. The molecule has 0 amide bonds. The van der Waals surface area contributed by atoms with E-state index >= 15 is 0 Å². The minimum Gasteiger partial charge on any atom is -0.462 e. The summed E-state index contributed by atoms with van der Waals surface area (Å²) in [6, 6.07) is 3.83. The second-order valence-electron chi connectivity index (χ2n) is 7.42. The van der Waals surface area contributed by atoms with Gasteiger partial charge in [0.15, 0.2) is 0 Å². The highest BCUT2D eigenvalue weighted by Crippen LogP contribution is 2.35. The van der Waals surface area contributed by atoms with Crippen molar-refractivity contribution in [2.24, 2.45) is 0 Å². The summed E-state index contributed by atoms with van der Waals surface area (Å²) < 4.78 is 7.18. The molecule has 0 atom stereocenters. The van der Waals surface area contributed by atoms with Crippen LogP contribution >= 0.6 is 0 Å². The van der Waals surface area contributed by atoms with Crippen molar-refractivity contribution in [3.63, 3.8) is 0 Å². The lowest BCUT2D eigenvalue weighted by atomic mass is 9.89. The molecule has 1 aromatic heterocycles. The van der Waals surface area contributed by atoms with Crippen molar-refractivity contribution in [1.29, 1.82) is 0 Å². The van der Waals surface area contributed by atoms with E-state index in [2.05, 4.69) is 25.3 Å². The van der Waals surface area contributed by atoms with Crippen LogP contribution in [-0.4, -0.2) is 35.3 Å². The zero-order valence-corrected chi connectivity index (χ0v) is 17.1. The second kappa shape index (κ2) is 9.13. The monoisotopic (exact) mass is 384 g/mol. The Kier molecular flexibility index (Phi) is 6.60. The molecule has 28 heavy (non-hydrogen) atoms. The number of nitrogens with zero attached hydrogens (tertiary/aromatic N) is 3. The molecule has 152 valence electrons. The van der Waals surface area contributed by atoms with Gasteiger partial charge in [-0.15, -0.1) is 6.58 Å². The molecule has 1 fully saturated rings. The van der Waals surface area contributed by atoms with Gasteiger partial charge in [0.1, 0.15) is 5.82 Å². The van der Waals surface area contributed by atoms with Gasteiger partial charge < -0.3 is 15.5 Å². The number of rotatable bonds is 8. The summed E-state index contributed by atoms with van der Waals surface area (Å²) in [4.78, 5) is 19.7. The normalized spacial score (nSPS) is 14.9. The maximum atomic E-state index is 12.8. The van der Waals surface area contributed by atoms with Crippen molar-refractivity contribution in [3.8, 4) is 0 Å². The van der Waals surface area contributed by atoms with Gasteiger partial charge in [-0.25, -0.2) is 14.5 Å². The van der Waals surface area contributed by atoms with E-state index in [4.69, 9.17) is 15.6 Å². The van der Waals surface area contributed by atoms with E-state index in [1.807, 2.05) is 12.1 Å². The second-order valence-corrected chi connectivity index (χ2v) is 7.42. The van der Waals surface area contributed by atoms with Crippen molar-refractivity contribution in [2.75, 3.05) is 30.4 Å². The van der Waals surface area contributed by atoms with Gasteiger partial charge in [0.05, 0.1) is 28.9 Å². The number of hydrogen-bond donors (Lipinski definition) is 1. The van der Waals surface area contributed by atoms with E-state index in [1.165, 1.54) is 19.3 Å². The fourth-order valence-corrected chi connectivity index (χ4v) is 4.10. The maximum Gasteiger partial charge on any atom is 0.340 e. The van der Waals surface area contributed by atoms with Crippen LogP contribution < -0.4 is 10.7 Å². The molecule has 1 aromatic carbocycles. The van der Waals surface area contributed by atoms with Crippen molar-refractivity contribution >= 4 is 22.7 Å². The molecular weight excluding hydrogens is 352 g/mol. The molecular formula is C22H32N4O2. The third-order valence-electron chi connectivity index (χ3n) is 5.68. The van der Waals surface area contributed by atoms with Crippen molar-refractivity contribution in [2.45, 2.75) is 58.3 Å². The molecule has 0 bridgehead atoms. The van der Waals surface area contributed by atoms with E-state index in [1.54, 1.807) is 10.8 Å². The van der Waals surface area contributed by atoms with E-state index in [0.717, 1.165) is 48.5 Å². The summed E-state index contributed by atoms with van der Waals surface area (Å²) in [6.07, 6.45) is 8.36. The van der Waals surface area contributed by atoms with E-state index in [0.29, 0.717) is 24.5 Å². The first-order valence-corrected chi connectivity index (χ1v) is 10.4. The number of carbonyl (C=O) groups is 1. The van der Waals surface area contributed by atoms with E-state index in [-0.39, 0.29) is 5.97 Å². The number of aromatic nitrogens is 2. The first-order chi connectivity index (χ1) is 13.6. The Bertz CT molecular complexity index is 833. The number of imidazole rings is 1. The Morgan fingerprint density at radius 1 is 1.32 bits per heavy atom. The molecule has 3 rings (SSSR count). The van der Waals surface area contributed by atoms with Gasteiger partial charge in [-0.2, -0.15) is 0 Å². The molecule has 0 aliphatic heterocycles. The topological polar surface area (TPSA) is 73.4 Å². The van der Waals surface area contributed by atoms with Gasteiger partial charge in [0, 0.05) is 19.0 Å². The van der Waals surface area contributed by atoms with Crippen molar-refractivity contribution in [3.05, 3.63) is 36.2 Å². The predicted octanol–water partition coefficient (Wildman–Crippen LogP) is 4.38. The standard InChI is InChI=1S/C22H32N4O2/c1-4-7-13-28-22(27)17-14-18-20(15-19(17)25(5-2)6-3)26(23)21(24-18)16-11-9-8-10-12-16/h4,14-16H,1,5-13,23H2,2-3H3. The SMILES string of the molecule is C=CCCOC(=O)c1cc2nc(C3CCCCC3)n(N)c2cc1N(CC)CC. The number of ether oxygens (including phenoxy) is 1. The van der Waals surface area contributed by atoms with Crippen LogP contribution in [0.15, 0.2) is 24.8 Å². The molecule has 1 aliphatic rings. The van der Waals surface area contributed by atoms with Crippen LogP contribution in [0.4, 0.5) is 5.69 Å². The van der Waals surface area contributed by atoms with Crippen LogP contribution in [0.25, 0.3) is 11.0 Å². The lowest BCUT2D eigenvalue weighted by Gasteiger charge is -2.24. The summed E-state index contributed by atoms with van der Waals surface area (Å²) in [5.41, 5.74) is 3.02. The molecule has 1 heterocycles. The Balaban J connectivity index is 2.05. The van der Waals surface area contributed by atoms with Crippen LogP contribution in [0.2, 0.25) is 0 Å². The number of anilines is 1. The largest absolute Gasteiger partial charge is 0.462 e. The van der Waals surface area contributed by atoms with Crippen LogP contribution in [0.3, 0.4) is 0 Å². The molecule has 1 aliphatic carbocycles. The Hall–Kier alpha value is -2.50. The van der Waals surface area contributed by atoms with E-state index < -0.39 is 0 Å². The van der Waals surface area contributed by atoms with Gasteiger partial charge in [-0.05, 0) is 45.2 Å². The highest BCUT2D eigenvalue weighted by molar-refractivity contribution is 6.00. The quantitative estimate of drug-likeness (QED) is 0.316. The van der Waals surface area contributed by atoms with Gasteiger partial charge in [0.2, 0.25) is 0 Å². The summed E-state index contributed by atoms with van der Waals surface area (Å²) >= 11 is 0. The fourth-order valence-electron chi connectivity index (χ4n) is 4.10. The Morgan fingerprint density at radius 3 is 2.68 bits per heavy atom. The molecule has 2 N–H and O–H groups in total. The molecule has 2 aromatic rings. The number of hydrogen-bond acceptors (Lipinski definition) is 5.